The Balaban J connectivity index is 2.75. The number of ether oxygens (including phenoxy) is 1. The summed E-state index contributed by atoms with van der Waals surface area (Å²) in [6.45, 7) is 5.47. The van der Waals surface area contributed by atoms with E-state index in [1.165, 1.54) is 12.1 Å². The van der Waals surface area contributed by atoms with Gasteiger partial charge in [-0.15, -0.1) is 0 Å². The standard InChI is InChI=1S/C14H21FN2O3/c1-14(2,3)20-13(19)17-9-4-5-10(11(15)8-9)12(18)6-7-16/h4-5,8,12,18H,6-7,16H2,1-3H3,(H,17,19)/t12-/m1/s1. The molecule has 0 unspecified atom stereocenters. The number of carbonyl (C=O) groups is 1. The van der Waals surface area contributed by atoms with E-state index in [0.29, 0.717) is 0 Å². The van der Waals surface area contributed by atoms with Crippen molar-refractivity contribution in [2.45, 2.75) is 38.9 Å². The molecule has 1 atom stereocenters. The molecule has 0 heterocycles. The minimum Gasteiger partial charge on any atom is -0.444 e. The summed E-state index contributed by atoms with van der Waals surface area (Å²) < 4.78 is 18.9. The zero-order valence-electron chi connectivity index (χ0n) is 11.9. The van der Waals surface area contributed by atoms with E-state index >= 15 is 0 Å². The molecule has 0 aromatic heterocycles. The van der Waals surface area contributed by atoms with E-state index in [1.807, 2.05) is 0 Å². The Hall–Kier alpha value is -1.66. The quantitative estimate of drug-likeness (QED) is 0.793. The molecule has 20 heavy (non-hydrogen) atoms. The molecule has 0 aliphatic rings. The Morgan fingerprint density at radius 1 is 1.50 bits per heavy atom. The Bertz CT molecular complexity index is 472. The number of hydrogen-bond donors (Lipinski definition) is 3. The monoisotopic (exact) mass is 284 g/mol. The van der Waals surface area contributed by atoms with Gasteiger partial charge in [-0.25, -0.2) is 9.18 Å². The third-order valence-electron chi connectivity index (χ3n) is 2.44. The van der Waals surface area contributed by atoms with Crippen molar-refractivity contribution in [1.82, 2.24) is 0 Å². The first-order chi connectivity index (χ1) is 9.23. The molecule has 0 aliphatic heterocycles. The van der Waals surface area contributed by atoms with Crippen LogP contribution in [0.4, 0.5) is 14.9 Å². The summed E-state index contributed by atoms with van der Waals surface area (Å²) in [5.74, 6) is -0.598. The zero-order valence-corrected chi connectivity index (χ0v) is 11.9. The second kappa shape index (κ2) is 6.67. The molecule has 6 heteroatoms. The molecule has 0 aliphatic carbocycles. The van der Waals surface area contributed by atoms with Gasteiger partial charge in [-0.3, -0.25) is 5.32 Å². The summed E-state index contributed by atoms with van der Waals surface area (Å²) in [6, 6.07) is 4.06. The van der Waals surface area contributed by atoms with Crippen molar-refractivity contribution in [2.24, 2.45) is 5.73 Å². The van der Waals surface area contributed by atoms with Crippen molar-refractivity contribution in [3.05, 3.63) is 29.6 Å². The van der Waals surface area contributed by atoms with Gasteiger partial charge in [-0.05, 0) is 45.9 Å². The molecule has 1 amide bonds. The van der Waals surface area contributed by atoms with Crippen LogP contribution in [0.5, 0.6) is 0 Å². The van der Waals surface area contributed by atoms with Crippen molar-refractivity contribution in [3.63, 3.8) is 0 Å². The molecule has 0 saturated heterocycles. The number of amides is 1. The predicted octanol–water partition coefficient (Wildman–Crippen LogP) is 2.55. The highest BCUT2D eigenvalue weighted by molar-refractivity contribution is 5.84. The van der Waals surface area contributed by atoms with Crippen LogP contribution in [0.3, 0.4) is 0 Å². The first kappa shape index (κ1) is 16.4. The van der Waals surface area contributed by atoms with E-state index in [0.717, 1.165) is 6.07 Å². The van der Waals surface area contributed by atoms with Crippen LogP contribution in [-0.4, -0.2) is 23.3 Å². The summed E-state index contributed by atoms with van der Waals surface area (Å²) in [6.07, 6.45) is -1.34. The molecular formula is C14H21FN2O3. The van der Waals surface area contributed by atoms with Gasteiger partial charge in [-0.1, -0.05) is 6.07 Å². The van der Waals surface area contributed by atoms with E-state index in [9.17, 15) is 14.3 Å². The predicted molar refractivity (Wildman–Crippen MR) is 74.9 cm³/mol. The third-order valence-corrected chi connectivity index (χ3v) is 2.44. The van der Waals surface area contributed by atoms with E-state index in [4.69, 9.17) is 10.5 Å². The Morgan fingerprint density at radius 2 is 2.15 bits per heavy atom. The van der Waals surface area contributed by atoms with Crippen LogP contribution < -0.4 is 11.1 Å². The molecule has 0 radical (unpaired) electrons. The van der Waals surface area contributed by atoms with Crippen molar-refractivity contribution < 1.29 is 19.0 Å². The lowest BCUT2D eigenvalue weighted by molar-refractivity contribution is 0.0636. The second-order valence-corrected chi connectivity index (χ2v) is 5.46. The van der Waals surface area contributed by atoms with Crippen molar-refractivity contribution in [1.29, 1.82) is 0 Å². The smallest absolute Gasteiger partial charge is 0.412 e. The van der Waals surface area contributed by atoms with Gasteiger partial charge in [0.05, 0.1) is 6.10 Å². The maximum Gasteiger partial charge on any atom is 0.412 e. The van der Waals surface area contributed by atoms with Crippen LogP contribution in [0.15, 0.2) is 18.2 Å². The van der Waals surface area contributed by atoms with E-state index < -0.39 is 23.6 Å². The lowest BCUT2D eigenvalue weighted by atomic mass is 10.1. The molecule has 0 fully saturated rings. The minimum atomic E-state index is -0.949. The summed E-state index contributed by atoms with van der Waals surface area (Å²) >= 11 is 0. The highest BCUT2D eigenvalue weighted by Crippen LogP contribution is 2.23. The number of benzene rings is 1. The van der Waals surface area contributed by atoms with Crippen LogP contribution in [0.2, 0.25) is 0 Å². The maximum atomic E-state index is 13.8. The molecular weight excluding hydrogens is 263 g/mol. The van der Waals surface area contributed by atoms with E-state index in [1.54, 1.807) is 20.8 Å². The molecule has 0 spiro atoms. The number of aliphatic hydroxyl groups excluding tert-OH is 1. The van der Waals surface area contributed by atoms with Crippen LogP contribution in [-0.2, 0) is 4.74 Å². The van der Waals surface area contributed by atoms with E-state index in [2.05, 4.69) is 5.32 Å². The lowest BCUT2D eigenvalue weighted by Crippen LogP contribution is -2.27. The molecule has 112 valence electrons. The normalized spacial score (nSPS) is 12.9. The van der Waals surface area contributed by atoms with Crippen molar-refractivity contribution in [2.75, 3.05) is 11.9 Å². The third kappa shape index (κ3) is 5.14. The van der Waals surface area contributed by atoms with Gasteiger partial charge in [0.1, 0.15) is 11.4 Å². The van der Waals surface area contributed by atoms with Crippen LogP contribution in [0.1, 0.15) is 38.9 Å². The average Bonchev–Trinajstić information content (AvgIpc) is 2.26. The maximum absolute atomic E-state index is 13.8. The van der Waals surface area contributed by atoms with Gasteiger partial charge in [0.25, 0.3) is 0 Å². The van der Waals surface area contributed by atoms with Crippen molar-refractivity contribution >= 4 is 11.8 Å². The highest BCUT2D eigenvalue weighted by Gasteiger charge is 2.17. The summed E-state index contributed by atoms with van der Waals surface area (Å²) in [5, 5.41) is 12.1. The van der Waals surface area contributed by atoms with Gasteiger partial charge in [-0.2, -0.15) is 0 Å². The van der Waals surface area contributed by atoms with E-state index in [-0.39, 0.29) is 24.2 Å². The SMILES string of the molecule is CC(C)(C)OC(=O)Nc1ccc([C@H](O)CCN)c(F)c1. The number of hydrogen-bond acceptors (Lipinski definition) is 4. The first-order valence-corrected chi connectivity index (χ1v) is 6.40. The molecule has 1 rings (SSSR count). The Morgan fingerprint density at radius 3 is 2.65 bits per heavy atom. The molecule has 4 N–H and O–H groups in total. The lowest BCUT2D eigenvalue weighted by Gasteiger charge is -2.20. The number of anilines is 1. The number of nitrogens with two attached hydrogens (primary N) is 1. The van der Waals surface area contributed by atoms with Gasteiger partial charge in [0, 0.05) is 11.3 Å². The van der Waals surface area contributed by atoms with Gasteiger partial charge < -0.3 is 15.6 Å². The van der Waals surface area contributed by atoms with Crippen LogP contribution in [0, 0.1) is 5.82 Å². The number of nitrogens with one attached hydrogen (secondary N) is 1. The fourth-order valence-electron chi connectivity index (χ4n) is 1.61. The van der Waals surface area contributed by atoms with Crippen LogP contribution in [0.25, 0.3) is 0 Å². The molecule has 5 nitrogen and oxygen atoms in total. The van der Waals surface area contributed by atoms with Crippen LogP contribution >= 0.6 is 0 Å². The number of rotatable bonds is 4. The molecule has 0 bridgehead atoms. The molecule has 1 aromatic rings. The zero-order chi connectivity index (χ0) is 15.3. The highest BCUT2D eigenvalue weighted by atomic mass is 19.1. The molecule has 1 aromatic carbocycles. The van der Waals surface area contributed by atoms with Gasteiger partial charge in [0.15, 0.2) is 0 Å². The second-order valence-electron chi connectivity index (χ2n) is 5.46. The Kier molecular flexibility index (Phi) is 5.47. The summed E-state index contributed by atoms with van der Waals surface area (Å²) in [5.41, 5.74) is 5.11. The number of carbonyl (C=O) groups excluding carboxylic acids is 1. The number of halogens is 1. The number of aliphatic hydroxyl groups is 1. The van der Waals surface area contributed by atoms with Crippen molar-refractivity contribution in [3.8, 4) is 0 Å². The topological polar surface area (TPSA) is 84.6 Å². The first-order valence-electron chi connectivity index (χ1n) is 6.40. The van der Waals surface area contributed by atoms with Gasteiger partial charge in [0.2, 0.25) is 0 Å². The fourth-order valence-corrected chi connectivity index (χ4v) is 1.61. The summed E-state index contributed by atoms with van der Waals surface area (Å²) in [7, 11) is 0. The fraction of sp³-hybridized carbons (Fsp3) is 0.500. The largest absolute Gasteiger partial charge is 0.444 e. The Labute approximate surface area is 117 Å². The molecule has 0 saturated carbocycles. The van der Waals surface area contributed by atoms with Gasteiger partial charge >= 0.3 is 6.09 Å². The summed E-state index contributed by atoms with van der Waals surface area (Å²) in [4.78, 5) is 11.5. The minimum absolute atomic E-state index is 0.158. The average molecular weight is 284 g/mol.